The van der Waals surface area contributed by atoms with Crippen molar-refractivity contribution < 1.29 is 13.9 Å². The van der Waals surface area contributed by atoms with Crippen LogP contribution in [0.15, 0.2) is 0 Å². The zero-order valence-corrected chi connectivity index (χ0v) is 16.6. The number of aliphatic hydroxyl groups excluding tert-OH is 1. The minimum Gasteiger partial charge on any atom is -0.393 e. The van der Waals surface area contributed by atoms with Crippen LogP contribution in [0.25, 0.3) is 0 Å². The van der Waals surface area contributed by atoms with Crippen molar-refractivity contribution in [3.63, 3.8) is 0 Å². The maximum Gasteiger partial charge on any atom is 0.248 e. The third-order valence-electron chi connectivity index (χ3n) is 6.28. The van der Waals surface area contributed by atoms with Crippen LogP contribution < -0.4 is 10.6 Å². The van der Waals surface area contributed by atoms with Gasteiger partial charge in [0, 0.05) is 18.9 Å². The van der Waals surface area contributed by atoms with E-state index in [0.29, 0.717) is 17.8 Å². The van der Waals surface area contributed by atoms with E-state index in [-0.39, 0.29) is 36.3 Å². The van der Waals surface area contributed by atoms with E-state index in [1.165, 1.54) is 0 Å². The second kappa shape index (κ2) is 8.18. The van der Waals surface area contributed by atoms with Gasteiger partial charge < -0.3 is 15.7 Å². The molecule has 3 nitrogen and oxygen atoms in total. The van der Waals surface area contributed by atoms with Gasteiger partial charge in [-0.1, -0.05) is 34.6 Å². The summed E-state index contributed by atoms with van der Waals surface area (Å²) in [5.41, 5.74) is -0.177. The third-order valence-corrected chi connectivity index (χ3v) is 6.28. The molecule has 0 aromatic carbocycles. The summed E-state index contributed by atoms with van der Waals surface area (Å²) in [5.74, 6) is -0.938. The van der Waals surface area contributed by atoms with E-state index in [4.69, 9.17) is 0 Å². The van der Waals surface area contributed by atoms with Crippen molar-refractivity contribution in [3.8, 4) is 0 Å². The number of aliphatic hydroxyl groups is 1. The fraction of sp³-hybridized carbons (Fsp3) is 1.00. The van der Waals surface area contributed by atoms with Crippen molar-refractivity contribution in [3.05, 3.63) is 0 Å². The zero-order chi connectivity index (χ0) is 18.8. The Hall–Kier alpha value is -0.260. The highest BCUT2D eigenvalue weighted by Gasteiger charge is 2.55. The molecule has 25 heavy (non-hydrogen) atoms. The minimum absolute atomic E-state index is 0.00873. The molecule has 0 spiro atoms. The molecule has 2 fully saturated rings. The third kappa shape index (κ3) is 5.36. The summed E-state index contributed by atoms with van der Waals surface area (Å²) >= 11 is 0. The predicted molar refractivity (Wildman–Crippen MR) is 98.8 cm³/mol. The van der Waals surface area contributed by atoms with Gasteiger partial charge >= 0.3 is 0 Å². The number of alkyl halides is 2. The highest BCUT2D eigenvalue weighted by atomic mass is 19.3. The summed E-state index contributed by atoms with van der Waals surface area (Å²) in [6.45, 7) is 13.5. The largest absolute Gasteiger partial charge is 0.393 e. The van der Waals surface area contributed by atoms with Crippen molar-refractivity contribution in [2.24, 2.45) is 29.1 Å². The quantitative estimate of drug-likeness (QED) is 0.557. The molecule has 0 saturated heterocycles. The van der Waals surface area contributed by atoms with E-state index in [2.05, 4.69) is 45.3 Å². The van der Waals surface area contributed by atoms with Crippen molar-refractivity contribution in [2.45, 2.75) is 78.4 Å². The Balaban J connectivity index is 1.94. The average molecular weight is 361 g/mol. The lowest BCUT2D eigenvalue weighted by Crippen LogP contribution is -2.59. The van der Waals surface area contributed by atoms with Crippen LogP contribution in [0.1, 0.15) is 60.3 Å². The highest BCUT2D eigenvalue weighted by molar-refractivity contribution is 5.05. The first-order chi connectivity index (χ1) is 11.5. The van der Waals surface area contributed by atoms with Gasteiger partial charge in [-0.2, -0.15) is 0 Å². The summed E-state index contributed by atoms with van der Waals surface area (Å²) < 4.78 is 26.8. The molecule has 148 valence electrons. The Morgan fingerprint density at radius 2 is 1.68 bits per heavy atom. The molecule has 5 heteroatoms. The van der Waals surface area contributed by atoms with Crippen molar-refractivity contribution in [1.29, 1.82) is 0 Å². The molecule has 2 rings (SSSR count). The molecule has 0 heterocycles. The van der Waals surface area contributed by atoms with E-state index in [9.17, 15) is 13.9 Å². The van der Waals surface area contributed by atoms with E-state index in [1.807, 2.05) is 0 Å². The fourth-order valence-corrected chi connectivity index (χ4v) is 4.34. The SMILES string of the molecule is CC(C)CNCC1CC(O)C1(C)CC(NCC(C)C)C1CC(F)(F)C1. The average Bonchev–Trinajstić information content (AvgIpc) is 2.47. The molecular weight excluding hydrogens is 322 g/mol. The number of rotatable bonds is 10. The van der Waals surface area contributed by atoms with Crippen LogP contribution in [-0.2, 0) is 0 Å². The second-order valence-corrected chi connectivity index (χ2v) is 9.64. The van der Waals surface area contributed by atoms with Crippen LogP contribution in [0.2, 0.25) is 0 Å². The number of hydrogen-bond donors (Lipinski definition) is 3. The van der Waals surface area contributed by atoms with Crippen molar-refractivity contribution in [1.82, 2.24) is 10.6 Å². The van der Waals surface area contributed by atoms with Gasteiger partial charge in [-0.3, -0.25) is 0 Å². The van der Waals surface area contributed by atoms with E-state index in [0.717, 1.165) is 32.5 Å². The Morgan fingerprint density at radius 1 is 1.08 bits per heavy atom. The van der Waals surface area contributed by atoms with Crippen LogP contribution in [0.5, 0.6) is 0 Å². The lowest BCUT2D eigenvalue weighted by atomic mass is 9.54. The number of nitrogens with one attached hydrogen (secondary N) is 2. The van der Waals surface area contributed by atoms with E-state index >= 15 is 0 Å². The maximum atomic E-state index is 13.4. The van der Waals surface area contributed by atoms with Crippen LogP contribution in [0, 0.1) is 29.1 Å². The predicted octanol–water partition coefficient (Wildman–Crippen LogP) is 3.67. The van der Waals surface area contributed by atoms with Crippen LogP contribution in [-0.4, -0.2) is 42.8 Å². The van der Waals surface area contributed by atoms with Crippen LogP contribution in [0.3, 0.4) is 0 Å². The molecule has 0 radical (unpaired) electrons. The number of halogens is 2. The zero-order valence-electron chi connectivity index (χ0n) is 16.6. The van der Waals surface area contributed by atoms with Crippen LogP contribution >= 0.6 is 0 Å². The molecule has 3 N–H and O–H groups in total. The molecule has 2 aliphatic rings. The van der Waals surface area contributed by atoms with Gasteiger partial charge in [-0.15, -0.1) is 0 Å². The number of hydrogen-bond acceptors (Lipinski definition) is 3. The first-order valence-electron chi connectivity index (χ1n) is 10.0. The van der Waals surface area contributed by atoms with Crippen molar-refractivity contribution >= 4 is 0 Å². The van der Waals surface area contributed by atoms with E-state index in [1.54, 1.807) is 0 Å². The van der Waals surface area contributed by atoms with Gasteiger partial charge in [0.25, 0.3) is 0 Å². The van der Waals surface area contributed by atoms with Gasteiger partial charge in [-0.25, -0.2) is 8.78 Å². The van der Waals surface area contributed by atoms with Gasteiger partial charge in [0.15, 0.2) is 0 Å². The minimum atomic E-state index is -2.49. The summed E-state index contributed by atoms with van der Waals surface area (Å²) in [4.78, 5) is 0. The Bertz CT molecular complexity index is 422. The lowest BCUT2D eigenvalue weighted by molar-refractivity contribution is -0.147. The van der Waals surface area contributed by atoms with Gasteiger partial charge in [0.05, 0.1) is 6.10 Å². The molecule has 0 aliphatic heterocycles. The molecule has 4 unspecified atom stereocenters. The molecule has 4 atom stereocenters. The fourth-order valence-electron chi connectivity index (χ4n) is 4.34. The molecular formula is C20H38F2N2O. The first kappa shape index (κ1) is 21.0. The molecule has 2 saturated carbocycles. The first-order valence-corrected chi connectivity index (χ1v) is 10.0. The smallest absolute Gasteiger partial charge is 0.248 e. The highest BCUT2D eigenvalue weighted by Crippen LogP contribution is 2.53. The lowest BCUT2D eigenvalue weighted by Gasteiger charge is -2.55. The molecule has 0 aromatic rings. The standard InChI is InChI=1S/C20H38F2N2O/c1-13(2)10-23-12-16-6-18(25)19(16,5)9-17(24-11-14(3)4)15-7-20(21,22)8-15/h13-18,23-25H,6-12H2,1-5H3. The van der Waals surface area contributed by atoms with Gasteiger partial charge in [-0.05, 0) is 61.6 Å². The van der Waals surface area contributed by atoms with Crippen molar-refractivity contribution in [2.75, 3.05) is 19.6 Å². The summed E-state index contributed by atoms with van der Waals surface area (Å²) in [5, 5.41) is 17.5. The molecule has 0 aromatic heterocycles. The summed E-state index contributed by atoms with van der Waals surface area (Å²) in [6, 6.07) is 0.0783. The second-order valence-electron chi connectivity index (χ2n) is 9.64. The normalized spacial score (nSPS) is 33.4. The van der Waals surface area contributed by atoms with E-state index < -0.39 is 5.92 Å². The van der Waals surface area contributed by atoms with Crippen LogP contribution in [0.4, 0.5) is 8.78 Å². The topological polar surface area (TPSA) is 44.3 Å². The molecule has 2 aliphatic carbocycles. The van der Waals surface area contributed by atoms with Gasteiger partial charge in [0.2, 0.25) is 5.92 Å². The Morgan fingerprint density at radius 3 is 2.16 bits per heavy atom. The van der Waals surface area contributed by atoms with Gasteiger partial charge in [0.1, 0.15) is 0 Å². The summed E-state index contributed by atoms with van der Waals surface area (Å²) in [6.07, 6.45) is 1.27. The molecule has 0 amide bonds. The monoisotopic (exact) mass is 360 g/mol. The Labute approximate surface area is 152 Å². The summed E-state index contributed by atoms with van der Waals surface area (Å²) in [7, 11) is 0. The Kier molecular flexibility index (Phi) is 6.89. The molecule has 0 bridgehead atoms. The maximum absolute atomic E-state index is 13.4.